The van der Waals surface area contributed by atoms with E-state index in [1.165, 1.54) is 6.33 Å². The molecular weight excluding hydrogens is 236 g/mol. The van der Waals surface area contributed by atoms with Gasteiger partial charge in [0.25, 0.3) is 5.71 Å². The molecule has 2 heterocycles. The van der Waals surface area contributed by atoms with E-state index in [0.29, 0.717) is 11.2 Å². The minimum absolute atomic E-state index is 0.0931. The fourth-order valence-electron chi connectivity index (χ4n) is 1.51. The molecule has 0 saturated carbocycles. The van der Waals surface area contributed by atoms with E-state index in [-0.39, 0.29) is 24.1 Å². The molecule has 0 fully saturated rings. The van der Waals surface area contributed by atoms with Crippen LogP contribution in [-0.4, -0.2) is 33.7 Å². The highest BCUT2D eigenvalue weighted by Gasteiger charge is 2.22. The number of rotatable bonds is 4. The monoisotopic (exact) mass is 250 g/mol. The van der Waals surface area contributed by atoms with Crippen molar-refractivity contribution in [3.8, 4) is 0 Å². The molecule has 0 aliphatic heterocycles. The van der Waals surface area contributed by atoms with Gasteiger partial charge in [-0.15, -0.1) is 0 Å². The van der Waals surface area contributed by atoms with Gasteiger partial charge in [0.15, 0.2) is 0 Å². The molecule has 0 unspecified atom stereocenters. The molecule has 0 saturated heterocycles. The summed E-state index contributed by atoms with van der Waals surface area (Å²) in [6, 6.07) is 0.160. The van der Waals surface area contributed by atoms with Crippen LogP contribution in [0.2, 0.25) is 0 Å². The van der Waals surface area contributed by atoms with Crippen LogP contribution >= 0.6 is 0 Å². The molecule has 0 aliphatic rings. The lowest BCUT2D eigenvalue weighted by Crippen LogP contribution is -2.13. The molecule has 96 valence electrons. The van der Waals surface area contributed by atoms with Gasteiger partial charge in [0.05, 0.1) is 6.61 Å². The number of carbonyl (C=O) groups excluding carboxylic acids is 1. The lowest BCUT2D eigenvalue weighted by molar-refractivity contribution is 0.0517. The van der Waals surface area contributed by atoms with Gasteiger partial charge in [-0.25, -0.2) is 9.78 Å². The van der Waals surface area contributed by atoms with Crippen LogP contribution in [0, 0.1) is 0 Å². The standard InChI is InChI=1S/C11H14N4O3/c1-4-17-11(16)8-7-9(14-6(2)3)12-5-13-10(7)18-15-8/h5-6H,4H2,1-3H3,(H,12,13,14). The fraction of sp³-hybridized carbons (Fsp3) is 0.455. The summed E-state index contributed by atoms with van der Waals surface area (Å²) in [7, 11) is 0. The third-order valence-corrected chi connectivity index (χ3v) is 2.17. The van der Waals surface area contributed by atoms with Crippen LogP contribution in [0.15, 0.2) is 10.9 Å². The summed E-state index contributed by atoms with van der Waals surface area (Å²) in [4.78, 5) is 19.7. The minimum atomic E-state index is -0.544. The Hall–Kier alpha value is -2.18. The Kier molecular flexibility index (Phi) is 3.40. The summed E-state index contributed by atoms with van der Waals surface area (Å²) in [5.41, 5.74) is 0.354. The van der Waals surface area contributed by atoms with E-state index in [2.05, 4.69) is 20.4 Å². The van der Waals surface area contributed by atoms with E-state index in [0.717, 1.165) is 0 Å². The molecule has 0 atom stereocenters. The number of hydrogen-bond acceptors (Lipinski definition) is 7. The summed E-state index contributed by atoms with van der Waals surface area (Å²) >= 11 is 0. The number of nitrogens with one attached hydrogen (secondary N) is 1. The summed E-state index contributed by atoms with van der Waals surface area (Å²) < 4.78 is 9.91. The van der Waals surface area contributed by atoms with Crippen LogP contribution < -0.4 is 5.32 Å². The average Bonchev–Trinajstić information content (AvgIpc) is 2.73. The molecule has 2 rings (SSSR count). The lowest BCUT2D eigenvalue weighted by atomic mass is 10.2. The van der Waals surface area contributed by atoms with Crippen LogP contribution in [0.1, 0.15) is 31.3 Å². The molecule has 0 amide bonds. The van der Waals surface area contributed by atoms with Gasteiger partial charge in [-0.3, -0.25) is 0 Å². The predicted octanol–water partition coefficient (Wildman–Crippen LogP) is 1.61. The highest BCUT2D eigenvalue weighted by molar-refractivity contribution is 6.04. The Labute approximate surface area is 104 Å². The van der Waals surface area contributed by atoms with Crippen molar-refractivity contribution >= 4 is 22.9 Å². The maximum absolute atomic E-state index is 11.7. The zero-order chi connectivity index (χ0) is 13.1. The first-order chi connectivity index (χ1) is 8.63. The van der Waals surface area contributed by atoms with Gasteiger partial charge in [-0.05, 0) is 20.8 Å². The first kappa shape index (κ1) is 12.3. The Morgan fingerprint density at radius 1 is 1.50 bits per heavy atom. The van der Waals surface area contributed by atoms with Crippen molar-refractivity contribution in [1.29, 1.82) is 0 Å². The number of carbonyl (C=O) groups is 1. The van der Waals surface area contributed by atoms with Gasteiger partial charge in [0, 0.05) is 6.04 Å². The highest BCUT2D eigenvalue weighted by Crippen LogP contribution is 2.24. The molecule has 0 spiro atoms. The maximum atomic E-state index is 11.7. The number of fused-ring (bicyclic) bond motifs is 1. The molecular formula is C11H14N4O3. The van der Waals surface area contributed by atoms with E-state index in [9.17, 15) is 4.79 Å². The van der Waals surface area contributed by atoms with E-state index in [1.807, 2.05) is 13.8 Å². The molecule has 0 aliphatic carbocycles. The van der Waals surface area contributed by atoms with Crippen molar-refractivity contribution in [3.63, 3.8) is 0 Å². The first-order valence-electron chi connectivity index (χ1n) is 5.67. The Morgan fingerprint density at radius 3 is 2.94 bits per heavy atom. The molecule has 18 heavy (non-hydrogen) atoms. The smallest absolute Gasteiger partial charge is 0.361 e. The number of anilines is 1. The van der Waals surface area contributed by atoms with Crippen LogP contribution in [0.3, 0.4) is 0 Å². The molecule has 0 radical (unpaired) electrons. The van der Waals surface area contributed by atoms with Gasteiger partial charge >= 0.3 is 5.97 Å². The second-order valence-corrected chi connectivity index (χ2v) is 3.95. The SMILES string of the molecule is CCOC(=O)c1noc2ncnc(NC(C)C)c12. The second-order valence-electron chi connectivity index (χ2n) is 3.95. The van der Waals surface area contributed by atoms with Crippen molar-refractivity contribution in [2.75, 3.05) is 11.9 Å². The Morgan fingerprint density at radius 2 is 2.28 bits per heavy atom. The van der Waals surface area contributed by atoms with Gasteiger partial charge in [0.2, 0.25) is 5.69 Å². The zero-order valence-electron chi connectivity index (χ0n) is 10.4. The number of hydrogen-bond donors (Lipinski definition) is 1. The molecule has 2 aromatic heterocycles. The van der Waals surface area contributed by atoms with Gasteiger partial charge < -0.3 is 14.6 Å². The van der Waals surface area contributed by atoms with Crippen LogP contribution in [-0.2, 0) is 4.74 Å². The first-order valence-corrected chi connectivity index (χ1v) is 5.67. The number of aromatic nitrogens is 3. The number of esters is 1. The topological polar surface area (TPSA) is 90.1 Å². The van der Waals surface area contributed by atoms with E-state index < -0.39 is 5.97 Å². The predicted molar refractivity (Wildman–Crippen MR) is 64.3 cm³/mol. The van der Waals surface area contributed by atoms with Gasteiger partial charge in [0.1, 0.15) is 17.5 Å². The van der Waals surface area contributed by atoms with Gasteiger partial charge in [-0.1, -0.05) is 5.16 Å². The zero-order valence-corrected chi connectivity index (χ0v) is 10.4. The van der Waals surface area contributed by atoms with E-state index in [4.69, 9.17) is 9.26 Å². The maximum Gasteiger partial charge on any atom is 0.361 e. The van der Waals surface area contributed by atoms with Crippen LogP contribution in [0.25, 0.3) is 11.1 Å². The van der Waals surface area contributed by atoms with E-state index in [1.54, 1.807) is 6.92 Å². The molecule has 2 aromatic rings. The molecule has 0 bridgehead atoms. The second kappa shape index (κ2) is 4.99. The minimum Gasteiger partial charge on any atom is -0.461 e. The van der Waals surface area contributed by atoms with Crippen molar-refractivity contribution in [1.82, 2.24) is 15.1 Å². The number of ether oxygens (including phenoxy) is 1. The third kappa shape index (κ3) is 2.24. The van der Waals surface area contributed by atoms with Crippen molar-refractivity contribution in [2.45, 2.75) is 26.8 Å². The molecule has 0 aromatic carbocycles. The largest absolute Gasteiger partial charge is 0.461 e. The van der Waals surface area contributed by atoms with Crippen LogP contribution in [0.5, 0.6) is 0 Å². The van der Waals surface area contributed by atoms with Gasteiger partial charge in [-0.2, -0.15) is 4.98 Å². The summed E-state index contributed by atoms with van der Waals surface area (Å²) in [6.07, 6.45) is 1.35. The third-order valence-electron chi connectivity index (χ3n) is 2.17. The number of nitrogens with zero attached hydrogens (tertiary/aromatic N) is 3. The summed E-state index contributed by atoms with van der Waals surface area (Å²) in [6.45, 7) is 5.93. The fourth-order valence-corrected chi connectivity index (χ4v) is 1.51. The molecule has 7 nitrogen and oxygen atoms in total. The Balaban J connectivity index is 2.51. The Bertz CT molecular complexity index is 564. The summed E-state index contributed by atoms with van der Waals surface area (Å²) in [5, 5.41) is 7.25. The van der Waals surface area contributed by atoms with Crippen molar-refractivity contribution < 1.29 is 14.1 Å². The molecule has 7 heteroatoms. The summed E-state index contributed by atoms with van der Waals surface area (Å²) in [5.74, 6) is -0.0304. The average molecular weight is 250 g/mol. The quantitative estimate of drug-likeness (QED) is 0.824. The normalized spacial score (nSPS) is 10.9. The molecule has 1 N–H and O–H groups in total. The van der Waals surface area contributed by atoms with Crippen LogP contribution in [0.4, 0.5) is 5.82 Å². The highest BCUT2D eigenvalue weighted by atomic mass is 16.5. The van der Waals surface area contributed by atoms with E-state index >= 15 is 0 Å². The van der Waals surface area contributed by atoms with Crippen molar-refractivity contribution in [3.05, 3.63) is 12.0 Å². The van der Waals surface area contributed by atoms with Crippen molar-refractivity contribution in [2.24, 2.45) is 0 Å². The lowest BCUT2D eigenvalue weighted by Gasteiger charge is -2.09.